The van der Waals surface area contributed by atoms with Gasteiger partial charge >= 0.3 is 0 Å². The fourth-order valence-electron chi connectivity index (χ4n) is 1.82. The average Bonchev–Trinajstić information content (AvgIpc) is 2.87. The van der Waals surface area contributed by atoms with Crippen LogP contribution in [0.1, 0.15) is 12.7 Å². The van der Waals surface area contributed by atoms with Gasteiger partial charge in [0.05, 0.1) is 19.0 Å². The molecule has 3 N–H and O–H groups in total. The lowest BCUT2D eigenvalue weighted by atomic mass is 10.1. The summed E-state index contributed by atoms with van der Waals surface area (Å²) in [6.07, 6.45) is 2.73. The van der Waals surface area contributed by atoms with Gasteiger partial charge in [-0.15, -0.1) is 0 Å². The van der Waals surface area contributed by atoms with E-state index in [4.69, 9.17) is 10.5 Å². The SMILES string of the molecule is COc1cccc(-c2cnc(CC(C)CN)[nH]2)c1. The summed E-state index contributed by atoms with van der Waals surface area (Å²) in [5, 5.41) is 0. The summed E-state index contributed by atoms with van der Waals surface area (Å²) in [7, 11) is 1.67. The maximum Gasteiger partial charge on any atom is 0.119 e. The van der Waals surface area contributed by atoms with Gasteiger partial charge in [-0.3, -0.25) is 0 Å². The van der Waals surface area contributed by atoms with Gasteiger partial charge in [-0.2, -0.15) is 0 Å². The van der Waals surface area contributed by atoms with E-state index in [1.807, 2.05) is 30.5 Å². The molecule has 0 saturated heterocycles. The zero-order valence-electron chi connectivity index (χ0n) is 10.8. The molecule has 96 valence electrons. The molecule has 1 unspecified atom stereocenters. The number of methoxy groups -OCH3 is 1. The number of nitrogens with two attached hydrogens (primary N) is 1. The topological polar surface area (TPSA) is 63.9 Å². The van der Waals surface area contributed by atoms with Crippen molar-refractivity contribution in [2.75, 3.05) is 13.7 Å². The lowest BCUT2D eigenvalue weighted by molar-refractivity contribution is 0.415. The second kappa shape index (κ2) is 5.69. The second-order valence-corrected chi connectivity index (χ2v) is 4.52. The van der Waals surface area contributed by atoms with Crippen LogP contribution in [0.3, 0.4) is 0 Å². The summed E-state index contributed by atoms with van der Waals surface area (Å²) < 4.78 is 5.21. The van der Waals surface area contributed by atoms with E-state index in [9.17, 15) is 0 Å². The lowest BCUT2D eigenvalue weighted by Crippen LogP contribution is -2.13. The molecule has 1 aromatic carbocycles. The number of imidazole rings is 1. The van der Waals surface area contributed by atoms with Gasteiger partial charge in [0, 0.05) is 12.0 Å². The third-order valence-electron chi connectivity index (χ3n) is 2.95. The van der Waals surface area contributed by atoms with Gasteiger partial charge in [-0.25, -0.2) is 4.98 Å². The minimum absolute atomic E-state index is 0.439. The Kier molecular flexibility index (Phi) is 3.99. The van der Waals surface area contributed by atoms with Crippen molar-refractivity contribution in [3.05, 3.63) is 36.3 Å². The van der Waals surface area contributed by atoms with Crippen molar-refractivity contribution in [1.82, 2.24) is 9.97 Å². The first-order valence-electron chi connectivity index (χ1n) is 6.11. The second-order valence-electron chi connectivity index (χ2n) is 4.52. The number of nitrogens with zero attached hydrogens (tertiary/aromatic N) is 1. The molecule has 0 fully saturated rings. The van der Waals surface area contributed by atoms with Gasteiger partial charge in [0.1, 0.15) is 11.6 Å². The number of benzene rings is 1. The summed E-state index contributed by atoms with van der Waals surface area (Å²) in [5.74, 6) is 2.26. The Labute approximate surface area is 107 Å². The molecule has 0 bridgehead atoms. The van der Waals surface area contributed by atoms with Crippen LogP contribution in [0, 0.1) is 5.92 Å². The molecule has 4 heteroatoms. The Morgan fingerprint density at radius 2 is 2.28 bits per heavy atom. The summed E-state index contributed by atoms with van der Waals surface area (Å²) in [6.45, 7) is 2.79. The van der Waals surface area contributed by atoms with Crippen LogP contribution in [0.25, 0.3) is 11.3 Å². The summed E-state index contributed by atoms with van der Waals surface area (Å²) in [6, 6.07) is 7.92. The molecule has 0 amide bonds. The van der Waals surface area contributed by atoms with Gasteiger partial charge in [0.25, 0.3) is 0 Å². The van der Waals surface area contributed by atoms with E-state index in [-0.39, 0.29) is 0 Å². The molecule has 1 heterocycles. The number of nitrogens with one attached hydrogen (secondary N) is 1. The largest absolute Gasteiger partial charge is 0.497 e. The van der Waals surface area contributed by atoms with Crippen molar-refractivity contribution in [3.63, 3.8) is 0 Å². The summed E-state index contributed by atoms with van der Waals surface area (Å²) >= 11 is 0. The monoisotopic (exact) mass is 245 g/mol. The fourth-order valence-corrected chi connectivity index (χ4v) is 1.82. The number of aromatic nitrogens is 2. The zero-order valence-corrected chi connectivity index (χ0v) is 10.8. The zero-order chi connectivity index (χ0) is 13.0. The molecular formula is C14H19N3O. The molecule has 0 aliphatic rings. The van der Waals surface area contributed by atoms with Crippen molar-refractivity contribution < 1.29 is 4.74 Å². The molecule has 0 spiro atoms. The summed E-state index contributed by atoms with van der Waals surface area (Å²) in [4.78, 5) is 7.71. The van der Waals surface area contributed by atoms with Crippen LogP contribution in [0.15, 0.2) is 30.5 Å². The highest BCUT2D eigenvalue weighted by atomic mass is 16.5. The molecule has 0 radical (unpaired) electrons. The third kappa shape index (κ3) is 2.90. The number of H-pyrrole nitrogens is 1. The number of hydrogen-bond donors (Lipinski definition) is 2. The maximum atomic E-state index is 5.62. The highest BCUT2D eigenvalue weighted by Crippen LogP contribution is 2.22. The van der Waals surface area contributed by atoms with E-state index in [1.165, 1.54) is 0 Å². The first-order chi connectivity index (χ1) is 8.72. The van der Waals surface area contributed by atoms with Gasteiger partial charge in [0.2, 0.25) is 0 Å². The molecule has 1 aromatic heterocycles. The molecule has 0 saturated carbocycles. The van der Waals surface area contributed by atoms with E-state index < -0.39 is 0 Å². The number of aromatic amines is 1. The van der Waals surface area contributed by atoms with Crippen LogP contribution in [-0.2, 0) is 6.42 Å². The number of hydrogen-bond acceptors (Lipinski definition) is 3. The Morgan fingerprint density at radius 3 is 3.00 bits per heavy atom. The Bertz CT molecular complexity index is 507. The Morgan fingerprint density at radius 1 is 1.44 bits per heavy atom. The minimum atomic E-state index is 0.439. The molecule has 0 aliphatic heterocycles. The van der Waals surface area contributed by atoms with E-state index in [0.717, 1.165) is 29.3 Å². The highest BCUT2D eigenvalue weighted by molar-refractivity contribution is 5.60. The molecule has 2 rings (SSSR count). The smallest absolute Gasteiger partial charge is 0.119 e. The van der Waals surface area contributed by atoms with Crippen LogP contribution < -0.4 is 10.5 Å². The van der Waals surface area contributed by atoms with Gasteiger partial charge in [-0.05, 0) is 24.6 Å². The van der Waals surface area contributed by atoms with Crippen molar-refractivity contribution in [2.45, 2.75) is 13.3 Å². The van der Waals surface area contributed by atoms with E-state index in [1.54, 1.807) is 7.11 Å². The first kappa shape index (κ1) is 12.6. The van der Waals surface area contributed by atoms with Crippen LogP contribution >= 0.6 is 0 Å². The highest BCUT2D eigenvalue weighted by Gasteiger charge is 2.07. The summed E-state index contributed by atoms with van der Waals surface area (Å²) in [5.41, 5.74) is 7.70. The molecule has 4 nitrogen and oxygen atoms in total. The van der Waals surface area contributed by atoms with Crippen LogP contribution in [0.2, 0.25) is 0 Å². The van der Waals surface area contributed by atoms with E-state index in [2.05, 4.69) is 16.9 Å². The predicted molar refractivity (Wildman–Crippen MR) is 72.5 cm³/mol. The maximum absolute atomic E-state index is 5.62. The van der Waals surface area contributed by atoms with Crippen LogP contribution in [0.5, 0.6) is 5.75 Å². The van der Waals surface area contributed by atoms with Gasteiger partial charge in [0.15, 0.2) is 0 Å². The quantitative estimate of drug-likeness (QED) is 0.849. The molecule has 2 aromatic rings. The van der Waals surface area contributed by atoms with Crippen LogP contribution in [0.4, 0.5) is 0 Å². The molecule has 1 atom stereocenters. The first-order valence-corrected chi connectivity index (χ1v) is 6.11. The van der Waals surface area contributed by atoms with Crippen molar-refractivity contribution in [1.29, 1.82) is 0 Å². The standard InChI is InChI=1S/C14H19N3O/c1-10(8-15)6-14-16-9-13(17-14)11-4-3-5-12(7-11)18-2/h3-5,7,9-10H,6,8,15H2,1-2H3,(H,16,17). The van der Waals surface area contributed by atoms with Crippen LogP contribution in [-0.4, -0.2) is 23.6 Å². The predicted octanol–water partition coefficient (Wildman–Crippen LogP) is 2.22. The van der Waals surface area contributed by atoms with Crippen molar-refractivity contribution in [2.24, 2.45) is 11.7 Å². The van der Waals surface area contributed by atoms with E-state index in [0.29, 0.717) is 12.5 Å². The van der Waals surface area contributed by atoms with Gasteiger partial charge in [-0.1, -0.05) is 19.1 Å². The van der Waals surface area contributed by atoms with Crippen molar-refractivity contribution in [3.8, 4) is 17.0 Å². The number of rotatable bonds is 5. The lowest BCUT2D eigenvalue weighted by Gasteiger charge is -2.05. The molecule has 18 heavy (non-hydrogen) atoms. The minimum Gasteiger partial charge on any atom is -0.497 e. The third-order valence-corrected chi connectivity index (χ3v) is 2.95. The molecular weight excluding hydrogens is 226 g/mol. The normalized spacial score (nSPS) is 12.4. The molecule has 0 aliphatic carbocycles. The Hall–Kier alpha value is -1.81. The average molecular weight is 245 g/mol. The fraction of sp³-hybridized carbons (Fsp3) is 0.357. The van der Waals surface area contributed by atoms with Crippen molar-refractivity contribution >= 4 is 0 Å². The van der Waals surface area contributed by atoms with E-state index >= 15 is 0 Å². The number of ether oxygens (including phenoxy) is 1. The Balaban J connectivity index is 2.18. The van der Waals surface area contributed by atoms with Gasteiger partial charge < -0.3 is 15.5 Å².